The Morgan fingerprint density at radius 3 is 2.80 bits per heavy atom. The Kier molecular flexibility index (Phi) is 3.28. The number of aliphatic carboxylic acids is 1. The largest absolute Gasteiger partial charge is 0.481 e. The molecule has 1 saturated carbocycles. The number of carbonyl (C=O) groups is 2. The standard InChI is InChI=1S/C15H19NO4/c1-2-9-5-6-13(20-9)12-4-3-7-16(12)14(17)10-8-11(10)15(18)19/h5-6,10-12H,2-4,7-8H2,1H3,(H,18,19). The van der Waals surface area contributed by atoms with Gasteiger partial charge in [0.25, 0.3) is 0 Å². The summed E-state index contributed by atoms with van der Waals surface area (Å²) in [6.45, 7) is 2.73. The first-order valence-electron chi connectivity index (χ1n) is 7.23. The number of carboxylic acids is 1. The van der Waals surface area contributed by atoms with Gasteiger partial charge in [0.15, 0.2) is 0 Å². The van der Waals surface area contributed by atoms with Gasteiger partial charge in [0.2, 0.25) is 5.91 Å². The number of nitrogens with zero attached hydrogens (tertiary/aromatic N) is 1. The van der Waals surface area contributed by atoms with Gasteiger partial charge < -0.3 is 14.4 Å². The fourth-order valence-corrected chi connectivity index (χ4v) is 3.04. The number of aryl methyl sites for hydroxylation is 1. The minimum Gasteiger partial charge on any atom is -0.481 e. The number of carbonyl (C=O) groups excluding carboxylic acids is 1. The van der Waals surface area contributed by atoms with Crippen LogP contribution >= 0.6 is 0 Å². The number of hydrogen-bond acceptors (Lipinski definition) is 3. The zero-order valence-electron chi connectivity index (χ0n) is 11.5. The fraction of sp³-hybridized carbons (Fsp3) is 0.600. The molecule has 2 fully saturated rings. The van der Waals surface area contributed by atoms with Crippen molar-refractivity contribution in [2.24, 2.45) is 11.8 Å². The van der Waals surface area contributed by atoms with Gasteiger partial charge in [-0.2, -0.15) is 0 Å². The first kappa shape index (κ1) is 13.2. The third-order valence-electron chi connectivity index (χ3n) is 4.32. The van der Waals surface area contributed by atoms with Crippen LogP contribution in [-0.2, 0) is 16.0 Å². The highest BCUT2D eigenvalue weighted by Crippen LogP contribution is 2.43. The number of hydrogen-bond donors (Lipinski definition) is 1. The average molecular weight is 277 g/mol. The molecular weight excluding hydrogens is 258 g/mol. The Morgan fingerprint density at radius 1 is 1.40 bits per heavy atom. The maximum Gasteiger partial charge on any atom is 0.307 e. The number of carboxylic acid groups (broad SMARTS) is 1. The highest BCUT2D eigenvalue weighted by Gasteiger charge is 2.51. The molecule has 1 aliphatic carbocycles. The molecule has 1 aromatic heterocycles. The van der Waals surface area contributed by atoms with E-state index in [1.165, 1.54) is 0 Å². The van der Waals surface area contributed by atoms with Crippen LogP contribution in [0, 0.1) is 11.8 Å². The van der Waals surface area contributed by atoms with Gasteiger partial charge in [-0.3, -0.25) is 9.59 Å². The molecule has 0 spiro atoms. The molecule has 1 amide bonds. The van der Waals surface area contributed by atoms with Gasteiger partial charge in [-0.15, -0.1) is 0 Å². The van der Waals surface area contributed by atoms with E-state index in [0.29, 0.717) is 13.0 Å². The second kappa shape index (κ2) is 4.96. The highest BCUT2D eigenvalue weighted by atomic mass is 16.4. The summed E-state index contributed by atoms with van der Waals surface area (Å²) in [6.07, 6.45) is 3.16. The number of rotatable bonds is 4. The zero-order valence-corrected chi connectivity index (χ0v) is 11.5. The minimum absolute atomic E-state index is 0.0159. The van der Waals surface area contributed by atoms with Gasteiger partial charge in [0.05, 0.1) is 17.9 Å². The normalized spacial score (nSPS) is 28.6. The first-order chi connectivity index (χ1) is 9.61. The van der Waals surface area contributed by atoms with Crippen LogP contribution in [0.25, 0.3) is 0 Å². The predicted octanol–water partition coefficient (Wildman–Crippen LogP) is 2.23. The molecule has 2 heterocycles. The Balaban J connectivity index is 1.72. The van der Waals surface area contributed by atoms with Crippen LogP contribution in [-0.4, -0.2) is 28.4 Å². The topological polar surface area (TPSA) is 70.8 Å². The van der Waals surface area contributed by atoms with Crippen molar-refractivity contribution in [2.75, 3.05) is 6.54 Å². The summed E-state index contributed by atoms with van der Waals surface area (Å²) in [6, 6.07) is 3.88. The molecule has 0 bridgehead atoms. The predicted molar refractivity (Wildman–Crippen MR) is 71.0 cm³/mol. The van der Waals surface area contributed by atoms with Crippen LogP contribution in [0.2, 0.25) is 0 Å². The van der Waals surface area contributed by atoms with Crippen LogP contribution in [0.4, 0.5) is 0 Å². The van der Waals surface area contributed by atoms with Gasteiger partial charge >= 0.3 is 5.97 Å². The van der Waals surface area contributed by atoms with Gasteiger partial charge in [0, 0.05) is 13.0 Å². The van der Waals surface area contributed by atoms with E-state index in [4.69, 9.17) is 9.52 Å². The highest BCUT2D eigenvalue weighted by molar-refractivity contribution is 5.89. The van der Waals surface area contributed by atoms with E-state index < -0.39 is 11.9 Å². The maximum absolute atomic E-state index is 12.4. The smallest absolute Gasteiger partial charge is 0.307 e. The summed E-state index contributed by atoms with van der Waals surface area (Å²) in [5.74, 6) is 0.0781. The van der Waals surface area contributed by atoms with Crippen LogP contribution in [0.1, 0.15) is 43.7 Å². The molecule has 1 aromatic rings. The monoisotopic (exact) mass is 277 g/mol. The maximum atomic E-state index is 12.4. The fourth-order valence-electron chi connectivity index (χ4n) is 3.04. The van der Waals surface area contributed by atoms with Crippen molar-refractivity contribution < 1.29 is 19.1 Å². The second-order valence-electron chi connectivity index (χ2n) is 5.63. The molecule has 1 aliphatic heterocycles. The lowest BCUT2D eigenvalue weighted by molar-refractivity contribution is -0.142. The molecule has 3 atom stereocenters. The average Bonchev–Trinajstić information content (AvgIpc) is 2.87. The van der Waals surface area contributed by atoms with Crippen molar-refractivity contribution in [1.29, 1.82) is 0 Å². The van der Waals surface area contributed by atoms with E-state index in [2.05, 4.69) is 0 Å². The van der Waals surface area contributed by atoms with E-state index in [9.17, 15) is 9.59 Å². The first-order valence-corrected chi connectivity index (χ1v) is 7.23. The Labute approximate surface area is 117 Å². The molecule has 0 radical (unpaired) electrons. The molecule has 0 aromatic carbocycles. The lowest BCUT2D eigenvalue weighted by Crippen LogP contribution is -2.32. The van der Waals surface area contributed by atoms with E-state index in [1.807, 2.05) is 24.0 Å². The molecule has 5 nitrogen and oxygen atoms in total. The summed E-state index contributed by atoms with van der Waals surface area (Å²) in [5.41, 5.74) is 0. The summed E-state index contributed by atoms with van der Waals surface area (Å²) in [4.78, 5) is 25.1. The van der Waals surface area contributed by atoms with Crippen molar-refractivity contribution in [3.8, 4) is 0 Å². The van der Waals surface area contributed by atoms with Crippen molar-refractivity contribution in [2.45, 2.75) is 38.6 Å². The zero-order chi connectivity index (χ0) is 14.3. The molecule has 1 N–H and O–H groups in total. The van der Waals surface area contributed by atoms with Crippen molar-refractivity contribution >= 4 is 11.9 Å². The number of likely N-dealkylation sites (tertiary alicyclic amines) is 1. The SMILES string of the molecule is CCc1ccc(C2CCCN2C(=O)C2CC2C(=O)O)o1. The lowest BCUT2D eigenvalue weighted by atomic mass is 10.1. The molecule has 108 valence electrons. The van der Waals surface area contributed by atoms with Crippen LogP contribution in [0.3, 0.4) is 0 Å². The summed E-state index contributed by atoms with van der Waals surface area (Å²) >= 11 is 0. The molecular formula is C15H19NO4. The van der Waals surface area contributed by atoms with E-state index in [-0.39, 0.29) is 17.9 Å². The van der Waals surface area contributed by atoms with Gasteiger partial charge in [-0.25, -0.2) is 0 Å². The molecule has 20 heavy (non-hydrogen) atoms. The summed E-state index contributed by atoms with van der Waals surface area (Å²) in [5, 5.41) is 8.94. The lowest BCUT2D eigenvalue weighted by Gasteiger charge is -2.23. The third kappa shape index (κ3) is 2.21. The Hall–Kier alpha value is -1.78. The molecule has 1 saturated heterocycles. The van der Waals surface area contributed by atoms with Gasteiger partial charge in [0.1, 0.15) is 11.5 Å². The Morgan fingerprint density at radius 2 is 2.20 bits per heavy atom. The molecule has 2 aliphatic rings. The molecule has 5 heteroatoms. The van der Waals surface area contributed by atoms with E-state index in [0.717, 1.165) is 30.8 Å². The summed E-state index contributed by atoms with van der Waals surface area (Å²) in [7, 11) is 0. The third-order valence-corrected chi connectivity index (χ3v) is 4.32. The second-order valence-corrected chi connectivity index (χ2v) is 5.63. The van der Waals surface area contributed by atoms with Crippen molar-refractivity contribution in [3.05, 3.63) is 23.7 Å². The number of furan rings is 1. The minimum atomic E-state index is -0.856. The molecule has 3 rings (SSSR count). The van der Waals surface area contributed by atoms with Gasteiger partial charge in [-0.05, 0) is 31.4 Å². The van der Waals surface area contributed by atoms with Crippen LogP contribution in [0.15, 0.2) is 16.5 Å². The van der Waals surface area contributed by atoms with Crippen LogP contribution in [0.5, 0.6) is 0 Å². The van der Waals surface area contributed by atoms with E-state index >= 15 is 0 Å². The van der Waals surface area contributed by atoms with Crippen LogP contribution < -0.4 is 0 Å². The van der Waals surface area contributed by atoms with E-state index in [1.54, 1.807) is 0 Å². The van der Waals surface area contributed by atoms with Crippen molar-refractivity contribution in [3.63, 3.8) is 0 Å². The quantitative estimate of drug-likeness (QED) is 0.916. The van der Waals surface area contributed by atoms with Crippen molar-refractivity contribution in [1.82, 2.24) is 4.90 Å². The number of amides is 1. The summed E-state index contributed by atoms with van der Waals surface area (Å²) < 4.78 is 5.76. The Bertz CT molecular complexity index is 536. The molecule has 3 unspecified atom stereocenters. The van der Waals surface area contributed by atoms with Gasteiger partial charge in [-0.1, -0.05) is 6.92 Å².